The molecule has 1 heterocycles. The molecule has 0 N–H and O–H groups in total. The van der Waals surface area contributed by atoms with Gasteiger partial charge in [0.1, 0.15) is 6.61 Å². The maximum absolute atomic E-state index is 9.98. The first kappa shape index (κ1) is 10.2. The van der Waals surface area contributed by atoms with Crippen molar-refractivity contribution in [1.29, 1.82) is 0 Å². The van der Waals surface area contributed by atoms with Crippen molar-refractivity contribution in [2.75, 3.05) is 6.61 Å². The van der Waals surface area contributed by atoms with Gasteiger partial charge in [-0.25, -0.2) is 4.98 Å². The van der Waals surface area contributed by atoms with Crippen molar-refractivity contribution >= 4 is 22.4 Å². The van der Waals surface area contributed by atoms with Crippen molar-refractivity contribution in [2.24, 2.45) is 7.05 Å². The van der Waals surface area contributed by atoms with E-state index in [1.54, 1.807) is 6.33 Å². The first-order valence-corrected chi connectivity index (χ1v) is 4.75. The SMILES string of the molecule is Cc1ncn(C)c1C(Br)COC=O. The number of nitrogens with zero attached hydrogens (tertiary/aromatic N) is 2. The molecule has 0 aliphatic rings. The molecule has 0 bridgehead atoms. The molecule has 1 rings (SSSR count). The average Bonchev–Trinajstić information content (AvgIpc) is 2.42. The molecule has 0 amide bonds. The van der Waals surface area contributed by atoms with E-state index in [0.717, 1.165) is 11.4 Å². The summed E-state index contributed by atoms with van der Waals surface area (Å²) in [5.41, 5.74) is 1.97. The van der Waals surface area contributed by atoms with Gasteiger partial charge in [-0.3, -0.25) is 4.79 Å². The lowest BCUT2D eigenvalue weighted by atomic mass is 10.2. The first-order chi connectivity index (χ1) is 6.16. The molecule has 0 aromatic carbocycles. The summed E-state index contributed by atoms with van der Waals surface area (Å²) in [6.45, 7) is 2.69. The number of rotatable bonds is 4. The molecule has 0 saturated heterocycles. The van der Waals surface area contributed by atoms with Gasteiger partial charge in [0, 0.05) is 7.05 Å². The predicted octanol–water partition coefficient (Wildman–Crippen LogP) is 1.34. The van der Waals surface area contributed by atoms with E-state index in [-0.39, 0.29) is 4.83 Å². The molecule has 0 saturated carbocycles. The third-order valence-electron chi connectivity index (χ3n) is 1.78. The standard InChI is InChI=1S/C8H11BrN2O2/c1-6-8(11(2)4-10-6)7(9)3-13-5-12/h4-5,7H,3H2,1-2H3. The van der Waals surface area contributed by atoms with Gasteiger partial charge in [-0.1, -0.05) is 15.9 Å². The summed E-state index contributed by atoms with van der Waals surface area (Å²) < 4.78 is 6.57. The summed E-state index contributed by atoms with van der Waals surface area (Å²) >= 11 is 3.42. The Balaban J connectivity index is 2.74. The molecule has 0 fully saturated rings. The quantitative estimate of drug-likeness (QED) is 0.595. The Hall–Kier alpha value is -0.840. The summed E-state index contributed by atoms with van der Waals surface area (Å²) in [6.07, 6.45) is 1.74. The van der Waals surface area contributed by atoms with Crippen LogP contribution in [0, 0.1) is 6.92 Å². The Morgan fingerprint density at radius 2 is 2.54 bits per heavy atom. The summed E-state index contributed by atoms with van der Waals surface area (Å²) in [7, 11) is 1.91. The normalized spacial score (nSPS) is 12.5. The van der Waals surface area contributed by atoms with Crippen LogP contribution in [0.5, 0.6) is 0 Å². The number of carbonyl (C=O) groups is 1. The number of hydrogen-bond acceptors (Lipinski definition) is 3. The van der Waals surface area contributed by atoms with Gasteiger partial charge >= 0.3 is 0 Å². The van der Waals surface area contributed by atoms with Gasteiger partial charge in [-0.2, -0.15) is 0 Å². The van der Waals surface area contributed by atoms with Gasteiger partial charge in [-0.15, -0.1) is 0 Å². The highest BCUT2D eigenvalue weighted by molar-refractivity contribution is 9.09. The van der Waals surface area contributed by atoms with E-state index < -0.39 is 0 Å². The molecule has 72 valence electrons. The average molecular weight is 247 g/mol. The molecule has 1 aromatic rings. The zero-order chi connectivity index (χ0) is 9.84. The van der Waals surface area contributed by atoms with Crippen molar-refractivity contribution in [3.05, 3.63) is 17.7 Å². The third-order valence-corrected chi connectivity index (χ3v) is 2.48. The number of imidazole rings is 1. The van der Waals surface area contributed by atoms with E-state index in [1.807, 2.05) is 18.5 Å². The molecule has 1 unspecified atom stereocenters. The molecule has 1 aromatic heterocycles. The minimum Gasteiger partial charge on any atom is -0.466 e. The predicted molar refractivity (Wildman–Crippen MR) is 51.6 cm³/mol. The molecule has 4 nitrogen and oxygen atoms in total. The van der Waals surface area contributed by atoms with Gasteiger partial charge in [0.25, 0.3) is 6.47 Å². The van der Waals surface area contributed by atoms with Gasteiger partial charge < -0.3 is 9.30 Å². The highest BCUT2D eigenvalue weighted by atomic mass is 79.9. The van der Waals surface area contributed by atoms with Crippen molar-refractivity contribution in [1.82, 2.24) is 9.55 Å². The van der Waals surface area contributed by atoms with Crippen molar-refractivity contribution < 1.29 is 9.53 Å². The summed E-state index contributed by atoms with van der Waals surface area (Å²) in [4.78, 5) is 14.1. The molecule has 0 spiro atoms. The Labute approximate surface area is 85.0 Å². The second kappa shape index (κ2) is 4.41. The Morgan fingerprint density at radius 3 is 3.00 bits per heavy atom. The first-order valence-electron chi connectivity index (χ1n) is 3.84. The van der Waals surface area contributed by atoms with Crippen LogP contribution < -0.4 is 0 Å². The molecule has 13 heavy (non-hydrogen) atoms. The fraction of sp³-hybridized carbons (Fsp3) is 0.500. The lowest BCUT2D eigenvalue weighted by Gasteiger charge is -2.10. The van der Waals surface area contributed by atoms with Crippen LogP contribution in [0.4, 0.5) is 0 Å². The minimum absolute atomic E-state index is 0.00481. The van der Waals surface area contributed by atoms with Crippen LogP contribution >= 0.6 is 15.9 Å². The largest absolute Gasteiger partial charge is 0.466 e. The maximum atomic E-state index is 9.98. The van der Waals surface area contributed by atoms with Crippen LogP contribution in [0.3, 0.4) is 0 Å². The number of halogens is 1. The monoisotopic (exact) mass is 246 g/mol. The summed E-state index contributed by atoms with van der Waals surface area (Å²) in [5, 5.41) is 0. The Kier molecular flexibility index (Phi) is 3.48. The summed E-state index contributed by atoms with van der Waals surface area (Å²) in [5.74, 6) is 0. The van der Waals surface area contributed by atoms with Crippen molar-refractivity contribution in [3.8, 4) is 0 Å². The van der Waals surface area contributed by atoms with Crippen LogP contribution in [0.2, 0.25) is 0 Å². The number of hydrogen-bond donors (Lipinski definition) is 0. The third kappa shape index (κ3) is 2.30. The van der Waals surface area contributed by atoms with E-state index >= 15 is 0 Å². The number of alkyl halides is 1. The van der Waals surface area contributed by atoms with Gasteiger partial charge in [0.05, 0.1) is 22.5 Å². The molecular weight excluding hydrogens is 236 g/mol. The number of aromatic nitrogens is 2. The van der Waals surface area contributed by atoms with E-state index in [1.165, 1.54) is 0 Å². The van der Waals surface area contributed by atoms with Crippen molar-refractivity contribution in [2.45, 2.75) is 11.8 Å². The Morgan fingerprint density at radius 1 is 1.85 bits per heavy atom. The minimum atomic E-state index is 0.00481. The molecule has 1 atom stereocenters. The van der Waals surface area contributed by atoms with Crippen molar-refractivity contribution in [3.63, 3.8) is 0 Å². The van der Waals surface area contributed by atoms with Gasteiger partial charge in [0.2, 0.25) is 0 Å². The second-order valence-corrected chi connectivity index (χ2v) is 3.83. The van der Waals surface area contributed by atoms with Crippen LogP contribution in [-0.2, 0) is 16.6 Å². The highest BCUT2D eigenvalue weighted by Gasteiger charge is 2.14. The van der Waals surface area contributed by atoms with E-state index in [4.69, 9.17) is 0 Å². The van der Waals surface area contributed by atoms with E-state index in [2.05, 4.69) is 25.7 Å². The molecule has 0 radical (unpaired) electrons. The zero-order valence-corrected chi connectivity index (χ0v) is 9.11. The molecule has 0 aliphatic heterocycles. The fourth-order valence-corrected chi connectivity index (χ4v) is 2.01. The molecule has 0 aliphatic carbocycles. The van der Waals surface area contributed by atoms with Gasteiger partial charge in [0.15, 0.2) is 0 Å². The second-order valence-electron chi connectivity index (χ2n) is 2.72. The number of aryl methyl sites for hydroxylation is 2. The van der Waals surface area contributed by atoms with E-state index in [9.17, 15) is 4.79 Å². The fourth-order valence-electron chi connectivity index (χ4n) is 1.21. The molecular formula is C8H11BrN2O2. The van der Waals surface area contributed by atoms with E-state index in [0.29, 0.717) is 13.1 Å². The van der Waals surface area contributed by atoms with Crippen LogP contribution in [0.1, 0.15) is 16.2 Å². The van der Waals surface area contributed by atoms with Crippen LogP contribution in [0.15, 0.2) is 6.33 Å². The lowest BCUT2D eigenvalue weighted by molar-refractivity contribution is -0.128. The zero-order valence-electron chi connectivity index (χ0n) is 7.53. The van der Waals surface area contributed by atoms with Crippen LogP contribution in [-0.4, -0.2) is 22.6 Å². The topological polar surface area (TPSA) is 44.1 Å². The smallest absolute Gasteiger partial charge is 0.293 e. The summed E-state index contributed by atoms with van der Waals surface area (Å²) in [6, 6.07) is 0. The number of carbonyl (C=O) groups excluding carboxylic acids is 1. The lowest BCUT2D eigenvalue weighted by Crippen LogP contribution is -2.06. The maximum Gasteiger partial charge on any atom is 0.293 e. The van der Waals surface area contributed by atoms with Gasteiger partial charge in [-0.05, 0) is 6.92 Å². The van der Waals surface area contributed by atoms with Crippen LogP contribution in [0.25, 0.3) is 0 Å². The number of ether oxygens (including phenoxy) is 1. The highest BCUT2D eigenvalue weighted by Crippen LogP contribution is 2.24. The Bertz CT molecular complexity index is 279. The molecule has 5 heteroatoms.